The minimum Gasteiger partial charge on any atom is -0.245 e. The molecule has 0 atom stereocenters. The lowest BCUT2D eigenvalue weighted by Gasteiger charge is -1.70. The molecule has 0 aliphatic heterocycles. The van der Waals surface area contributed by atoms with Gasteiger partial charge in [-0.25, -0.2) is 11.7 Å². The first-order valence-electron chi connectivity index (χ1n) is 0.716. The summed E-state index contributed by atoms with van der Waals surface area (Å²) in [5, 5.41) is 0. The normalized spacial score (nSPS) is 6.00. The third-order valence-corrected chi connectivity index (χ3v) is 0. The Morgan fingerprint density at radius 2 is 1.50 bits per heavy atom. The maximum Gasteiger partial charge on any atom is -0.0103 e. The zero-order valence-corrected chi connectivity index (χ0v) is 2.05. The van der Waals surface area contributed by atoms with E-state index in [-0.39, 0.29) is 4.92 Å². The van der Waals surface area contributed by atoms with E-state index in [9.17, 15) is 0 Å². The Morgan fingerprint density at radius 3 is 1.50 bits per heavy atom. The van der Waals surface area contributed by atoms with Crippen LogP contribution in [0.4, 0.5) is 0 Å². The highest BCUT2D eigenvalue weighted by molar-refractivity contribution is 3.62. The number of hydrogen-bond acceptors (Lipinski definition) is 0. The van der Waals surface area contributed by atoms with E-state index in [4.69, 9.17) is 5.53 Å². The van der Waals surface area contributed by atoms with Crippen molar-refractivity contribution >= 4 is 0 Å². The SMILES string of the molecule is [N-]=[N+](N)N. The zero-order valence-electron chi connectivity index (χ0n) is 2.05. The highest BCUT2D eigenvalue weighted by Gasteiger charge is 1.47. The summed E-state index contributed by atoms with van der Waals surface area (Å²) in [6.45, 7) is 0. The summed E-state index contributed by atoms with van der Waals surface area (Å²) in [6.07, 6.45) is 0. The molecule has 4 heteroatoms. The fourth-order valence-electron chi connectivity index (χ4n) is 0. The van der Waals surface area contributed by atoms with Crippen LogP contribution in [0.25, 0.3) is 5.53 Å². The fraction of sp³-hybridized carbons (Fsp3) is 0. The molecule has 0 aromatic carbocycles. The van der Waals surface area contributed by atoms with Gasteiger partial charge in [0, 0.05) is 0 Å². The molecule has 24 valence electrons. The number of hydrazine groups is 2. The van der Waals surface area contributed by atoms with E-state index >= 15 is 0 Å². The van der Waals surface area contributed by atoms with Gasteiger partial charge in [-0.3, -0.25) is 0 Å². The fourth-order valence-corrected chi connectivity index (χ4v) is 0. The molecule has 0 fully saturated rings. The molecule has 0 aliphatic carbocycles. The summed E-state index contributed by atoms with van der Waals surface area (Å²) in [7, 11) is 0. The average Bonchev–Trinajstić information content (AvgIpc) is 0.811. The largest absolute Gasteiger partial charge is 0.245 e. The van der Waals surface area contributed by atoms with Crippen LogP contribution < -0.4 is 11.7 Å². The minimum absolute atomic E-state index is 0. The average molecular weight is 60.1 g/mol. The molecule has 4 nitrogen and oxygen atoms in total. The first-order valence-corrected chi connectivity index (χ1v) is 0.716. The van der Waals surface area contributed by atoms with Crippen LogP contribution in [-0.2, 0) is 0 Å². The van der Waals surface area contributed by atoms with Crippen molar-refractivity contribution in [2.75, 3.05) is 0 Å². The van der Waals surface area contributed by atoms with Gasteiger partial charge >= 0.3 is 0 Å². The Labute approximate surface area is 23.4 Å². The first kappa shape index (κ1) is 3.20. The molecule has 0 saturated heterocycles. The quantitative estimate of drug-likeness (QED) is 0.159. The number of nitrogens with zero attached hydrogens (tertiary/aromatic N) is 2. The van der Waals surface area contributed by atoms with Gasteiger partial charge < -0.3 is 0 Å². The minimum atomic E-state index is 0. The van der Waals surface area contributed by atoms with Crippen LogP contribution in [0.5, 0.6) is 0 Å². The summed E-state index contributed by atoms with van der Waals surface area (Å²) in [5.74, 6) is 8.56. The van der Waals surface area contributed by atoms with Crippen molar-refractivity contribution in [1.82, 2.24) is 0 Å². The second kappa shape index (κ2) is 0.655. The van der Waals surface area contributed by atoms with Gasteiger partial charge in [0.2, 0.25) is 0 Å². The van der Waals surface area contributed by atoms with E-state index in [0.717, 1.165) is 0 Å². The summed E-state index contributed by atoms with van der Waals surface area (Å²) in [4.78, 5) is 0. The molecule has 0 spiro atoms. The van der Waals surface area contributed by atoms with Crippen LogP contribution in [0.2, 0.25) is 0 Å². The smallest absolute Gasteiger partial charge is 0.0103 e. The molecule has 4 N–H and O–H groups in total. The number of rotatable bonds is 0. The third-order valence-electron chi connectivity index (χ3n) is 0. The molecular formula is H4N4. The van der Waals surface area contributed by atoms with Crippen LogP contribution in [-0.4, -0.2) is 4.92 Å². The Morgan fingerprint density at radius 1 is 1.50 bits per heavy atom. The zero-order chi connectivity index (χ0) is 3.58. The van der Waals surface area contributed by atoms with Crippen molar-refractivity contribution in [1.29, 1.82) is 0 Å². The number of nitrogens with two attached hydrogens (primary N) is 2. The van der Waals surface area contributed by atoms with E-state index in [2.05, 4.69) is 11.7 Å². The van der Waals surface area contributed by atoms with Crippen LogP contribution in [0, 0.1) is 0 Å². The lowest BCUT2D eigenvalue weighted by atomic mass is 12.4. The van der Waals surface area contributed by atoms with Crippen molar-refractivity contribution in [3.63, 3.8) is 0 Å². The van der Waals surface area contributed by atoms with Gasteiger partial charge in [-0.15, -0.1) is 0 Å². The number of hydrogen-bond donors (Lipinski definition) is 2. The molecule has 0 amide bonds. The molecule has 0 heterocycles. The molecule has 0 aromatic heterocycles. The lowest BCUT2D eigenvalue weighted by Crippen LogP contribution is -2.21. The Hall–Kier alpha value is -0.800. The maximum atomic E-state index is 7.44. The van der Waals surface area contributed by atoms with Crippen molar-refractivity contribution in [2.45, 2.75) is 0 Å². The van der Waals surface area contributed by atoms with Crippen molar-refractivity contribution in [3.8, 4) is 0 Å². The van der Waals surface area contributed by atoms with Crippen LogP contribution in [0.1, 0.15) is 0 Å². The lowest BCUT2D eigenvalue weighted by molar-refractivity contribution is -0.572. The molecule has 0 unspecified atom stereocenters. The monoisotopic (exact) mass is 60.0 g/mol. The Bertz CT molecular complexity index is 23.0. The van der Waals surface area contributed by atoms with E-state index in [0.29, 0.717) is 0 Å². The van der Waals surface area contributed by atoms with Gasteiger partial charge in [0.05, 0.1) is 0 Å². The second-order valence-corrected chi connectivity index (χ2v) is 0.380. The van der Waals surface area contributed by atoms with Crippen LogP contribution in [0.15, 0.2) is 0 Å². The molecule has 0 saturated carbocycles. The van der Waals surface area contributed by atoms with E-state index < -0.39 is 0 Å². The predicted molar refractivity (Wildman–Crippen MR) is 12.0 cm³/mol. The van der Waals surface area contributed by atoms with E-state index in [1.165, 1.54) is 0 Å². The van der Waals surface area contributed by atoms with Crippen LogP contribution >= 0.6 is 0 Å². The van der Waals surface area contributed by atoms with Gasteiger partial charge in [0.15, 0.2) is 0 Å². The summed E-state index contributed by atoms with van der Waals surface area (Å²) < 4.78 is 0. The standard InChI is InChI=1S/H4N4/c1-4(2)3/h1-2H2. The summed E-state index contributed by atoms with van der Waals surface area (Å²) >= 11 is 0. The van der Waals surface area contributed by atoms with Gasteiger partial charge in [0.1, 0.15) is 0 Å². The predicted octanol–water partition coefficient (Wildman–Crippen LogP) is -1.23. The topological polar surface area (TPSA) is 77.3 Å². The first-order chi connectivity index (χ1) is 1.73. The highest BCUT2D eigenvalue weighted by Crippen LogP contribution is 1.16. The van der Waals surface area contributed by atoms with Gasteiger partial charge in [-0.2, -0.15) is 0 Å². The molecule has 0 rings (SSSR count). The summed E-state index contributed by atoms with van der Waals surface area (Å²) in [6, 6.07) is 0. The van der Waals surface area contributed by atoms with Crippen molar-refractivity contribution in [3.05, 3.63) is 5.53 Å². The molecule has 4 heavy (non-hydrogen) atoms. The Kier molecular flexibility index (Phi) is 0.524. The van der Waals surface area contributed by atoms with Crippen molar-refractivity contribution in [2.24, 2.45) is 11.7 Å². The molecule has 0 aromatic rings. The molecule has 0 radical (unpaired) electrons. The van der Waals surface area contributed by atoms with Gasteiger partial charge in [-0.05, 0) is 10.4 Å². The van der Waals surface area contributed by atoms with E-state index in [1.54, 1.807) is 0 Å². The third kappa shape index (κ3) is 0.0750. The van der Waals surface area contributed by atoms with Crippen molar-refractivity contribution < 1.29 is 4.92 Å². The van der Waals surface area contributed by atoms with E-state index in [1.807, 2.05) is 0 Å². The molecular weight excluding hydrogens is 56.0 g/mol. The summed E-state index contributed by atoms with van der Waals surface area (Å²) in [5.41, 5.74) is 7.44. The van der Waals surface area contributed by atoms with Crippen LogP contribution in [0.3, 0.4) is 0 Å². The van der Waals surface area contributed by atoms with Gasteiger partial charge in [0.25, 0.3) is 0 Å². The Balaban J connectivity index is 2.80. The molecule has 0 bridgehead atoms. The van der Waals surface area contributed by atoms with Gasteiger partial charge in [-0.1, -0.05) is 0 Å². The molecule has 0 aliphatic rings. The second-order valence-electron chi connectivity index (χ2n) is 0.380. The maximum absolute atomic E-state index is 7.44. The highest BCUT2D eigenvalue weighted by atomic mass is 15.6.